The highest BCUT2D eigenvalue weighted by atomic mass is 16.5. The van der Waals surface area contributed by atoms with Gasteiger partial charge in [-0.05, 0) is 80.9 Å². The summed E-state index contributed by atoms with van der Waals surface area (Å²) in [5, 5.41) is 11.4. The molecular weight excluding hydrogens is 488 g/mol. The number of nitrogens with zero attached hydrogens (tertiary/aromatic N) is 2. The lowest BCUT2D eigenvalue weighted by molar-refractivity contribution is -0.139. The van der Waals surface area contributed by atoms with Crippen molar-refractivity contribution in [3.8, 4) is 5.75 Å². The van der Waals surface area contributed by atoms with Gasteiger partial charge in [0, 0.05) is 12.1 Å². The van der Waals surface area contributed by atoms with E-state index in [1.54, 1.807) is 29.2 Å². The minimum absolute atomic E-state index is 0.121. The van der Waals surface area contributed by atoms with Crippen molar-refractivity contribution < 1.29 is 19.4 Å². The largest absolute Gasteiger partial charge is 0.507 e. The van der Waals surface area contributed by atoms with Crippen LogP contribution in [0.25, 0.3) is 5.76 Å². The predicted octanol–water partition coefficient (Wildman–Crippen LogP) is 6.07. The maximum Gasteiger partial charge on any atom is 0.295 e. The number of benzene rings is 3. The molecule has 1 fully saturated rings. The molecule has 204 valence electrons. The lowest BCUT2D eigenvalue weighted by Gasteiger charge is -2.26. The Bertz CT molecular complexity index is 1340. The number of ether oxygens (including phenoxy) is 1. The molecule has 6 nitrogen and oxygen atoms in total. The Labute approximate surface area is 231 Å². The van der Waals surface area contributed by atoms with Crippen molar-refractivity contribution in [3.63, 3.8) is 0 Å². The van der Waals surface area contributed by atoms with E-state index in [0.717, 1.165) is 17.7 Å². The fourth-order valence-electron chi connectivity index (χ4n) is 4.91. The highest BCUT2D eigenvalue weighted by Gasteiger charge is 2.45. The summed E-state index contributed by atoms with van der Waals surface area (Å²) in [7, 11) is 3.95. The average Bonchev–Trinajstić information content (AvgIpc) is 3.17. The lowest BCUT2D eigenvalue weighted by Crippen LogP contribution is -2.32. The molecule has 1 unspecified atom stereocenters. The van der Waals surface area contributed by atoms with E-state index in [9.17, 15) is 14.7 Å². The standard InChI is InChI=1S/C33H38N2O4/c1-22(2)25-10-12-26(13-11-25)30-29(32(37)33(38)35(30)19-7-18-34(4)5)31(36)27-14-16-28(17-15-27)39-21-24-9-6-8-23(3)20-24/h6,8-17,20,22,30,36H,7,18-19,21H2,1-5H3/b31-29+. The number of aryl methyl sites for hydroxylation is 1. The Morgan fingerprint density at radius 1 is 1.00 bits per heavy atom. The molecule has 1 N–H and O–H groups in total. The SMILES string of the molecule is Cc1cccc(COc2ccc(/C(O)=C3\C(=O)C(=O)N(CCCN(C)C)C3c3ccc(C(C)C)cc3)cc2)c1. The van der Waals surface area contributed by atoms with E-state index in [1.807, 2.05) is 68.4 Å². The normalized spacial score (nSPS) is 16.9. The summed E-state index contributed by atoms with van der Waals surface area (Å²) < 4.78 is 5.92. The number of rotatable bonds is 10. The van der Waals surface area contributed by atoms with Crippen molar-refractivity contribution in [2.24, 2.45) is 0 Å². The van der Waals surface area contributed by atoms with Gasteiger partial charge in [-0.1, -0.05) is 67.9 Å². The fraction of sp³-hybridized carbons (Fsp3) is 0.333. The molecule has 39 heavy (non-hydrogen) atoms. The van der Waals surface area contributed by atoms with Crippen molar-refractivity contribution in [1.29, 1.82) is 0 Å². The molecular formula is C33H38N2O4. The molecule has 6 heteroatoms. The van der Waals surface area contributed by atoms with Crippen LogP contribution < -0.4 is 4.74 Å². The van der Waals surface area contributed by atoms with Gasteiger partial charge in [0.1, 0.15) is 18.1 Å². The van der Waals surface area contributed by atoms with E-state index in [-0.39, 0.29) is 11.3 Å². The average molecular weight is 527 g/mol. The molecule has 1 amide bonds. The number of carbonyl (C=O) groups is 2. The van der Waals surface area contributed by atoms with Crippen molar-refractivity contribution in [3.05, 3.63) is 106 Å². The maximum absolute atomic E-state index is 13.3. The van der Waals surface area contributed by atoms with Gasteiger partial charge in [0.2, 0.25) is 0 Å². The van der Waals surface area contributed by atoms with E-state index in [1.165, 1.54) is 11.1 Å². The number of carbonyl (C=O) groups excluding carboxylic acids is 2. The molecule has 0 spiro atoms. The molecule has 4 rings (SSSR count). The Balaban J connectivity index is 1.64. The van der Waals surface area contributed by atoms with Crippen LogP contribution in [0.4, 0.5) is 0 Å². The smallest absolute Gasteiger partial charge is 0.295 e. The van der Waals surface area contributed by atoms with Crippen molar-refractivity contribution in [2.75, 3.05) is 27.2 Å². The van der Waals surface area contributed by atoms with Crippen LogP contribution in [0.5, 0.6) is 5.75 Å². The second kappa shape index (κ2) is 12.3. The summed E-state index contributed by atoms with van der Waals surface area (Å²) >= 11 is 0. The quantitative estimate of drug-likeness (QED) is 0.197. The molecule has 1 heterocycles. The second-order valence-electron chi connectivity index (χ2n) is 10.8. The van der Waals surface area contributed by atoms with Crippen molar-refractivity contribution in [1.82, 2.24) is 9.80 Å². The van der Waals surface area contributed by atoms with Crippen LogP contribution in [0.2, 0.25) is 0 Å². The zero-order valence-corrected chi connectivity index (χ0v) is 23.5. The van der Waals surface area contributed by atoms with Crippen LogP contribution in [0.1, 0.15) is 60.0 Å². The van der Waals surface area contributed by atoms with Crippen LogP contribution in [0, 0.1) is 6.92 Å². The first-order valence-electron chi connectivity index (χ1n) is 13.5. The van der Waals surface area contributed by atoms with Crippen LogP contribution in [-0.4, -0.2) is 53.8 Å². The summed E-state index contributed by atoms with van der Waals surface area (Å²) in [6.45, 7) is 7.91. The van der Waals surface area contributed by atoms with Gasteiger partial charge in [-0.25, -0.2) is 0 Å². The molecule has 0 radical (unpaired) electrons. The summed E-state index contributed by atoms with van der Waals surface area (Å²) in [6, 6.07) is 22.4. The van der Waals surface area contributed by atoms with Crippen LogP contribution in [0.15, 0.2) is 78.4 Å². The molecule has 0 bridgehead atoms. The first-order valence-corrected chi connectivity index (χ1v) is 13.5. The number of likely N-dealkylation sites (tertiary alicyclic amines) is 1. The number of aliphatic hydroxyl groups is 1. The van der Waals surface area contributed by atoms with Gasteiger partial charge in [0.05, 0.1) is 11.6 Å². The minimum Gasteiger partial charge on any atom is -0.507 e. The van der Waals surface area contributed by atoms with E-state index in [4.69, 9.17) is 4.74 Å². The third-order valence-corrected chi connectivity index (χ3v) is 7.08. The summed E-state index contributed by atoms with van der Waals surface area (Å²) in [5.74, 6) is -0.400. The van der Waals surface area contributed by atoms with Crippen LogP contribution in [-0.2, 0) is 16.2 Å². The van der Waals surface area contributed by atoms with Crippen LogP contribution >= 0.6 is 0 Å². The summed E-state index contributed by atoms with van der Waals surface area (Å²) in [6.07, 6.45) is 0.716. The van der Waals surface area contributed by atoms with Gasteiger partial charge in [-0.3, -0.25) is 9.59 Å². The van der Waals surface area contributed by atoms with Gasteiger partial charge in [0.25, 0.3) is 11.7 Å². The van der Waals surface area contributed by atoms with Gasteiger partial charge >= 0.3 is 0 Å². The van der Waals surface area contributed by atoms with Crippen LogP contribution in [0.3, 0.4) is 0 Å². The third-order valence-electron chi connectivity index (χ3n) is 7.08. The third kappa shape index (κ3) is 6.58. The zero-order valence-electron chi connectivity index (χ0n) is 23.5. The number of ketones is 1. The molecule has 1 aliphatic heterocycles. The molecule has 3 aromatic carbocycles. The molecule has 1 atom stereocenters. The minimum atomic E-state index is -0.657. The first kappa shape index (κ1) is 28.1. The fourth-order valence-corrected chi connectivity index (χ4v) is 4.91. The Kier molecular flexibility index (Phi) is 8.87. The molecule has 0 saturated carbocycles. The van der Waals surface area contributed by atoms with E-state index in [0.29, 0.717) is 36.8 Å². The van der Waals surface area contributed by atoms with Crippen molar-refractivity contribution in [2.45, 2.75) is 45.8 Å². The first-order chi connectivity index (χ1) is 18.7. The highest BCUT2D eigenvalue weighted by molar-refractivity contribution is 6.46. The van der Waals surface area contributed by atoms with Gasteiger partial charge in [-0.2, -0.15) is 0 Å². The molecule has 1 aliphatic rings. The Morgan fingerprint density at radius 3 is 2.31 bits per heavy atom. The zero-order chi connectivity index (χ0) is 28.1. The molecule has 0 aromatic heterocycles. The van der Waals surface area contributed by atoms with Gasteiger partial charge < -0.3 is 19.6 Å². The van der Waals surface area contributed by atoms with E-state index >= 15 is 0 Å². The summed E-state index contributed by atoms with van der Waals surface area (Å²) in [4.78, 5) is 30.1. The highest BCUT2D eigenvalue weighted by Crippen LogP contribution is 2.40. The number of hydrogen-bond donors (Lipinski definition) is 1. The maximum atomic E-state index is 13.3. The van der Waals surface area contributed by atoms with Crippen molar-refractivity contribution >= 4 is 17.4 Å². The Hall–Kier alpha value is -3.90. The monoisotopic (exact) mass is 526 g/mol. The topological polar surface area (TPSA) is 70.1 Å². The van der Waals surface area contributed by atoms with E-state index in [2.05, 4.69) is 19.9 Å². The number of amides is 1. The predicted molar refractivity (Wildman–Crippen MR) is 155 cm³/mol. The summed E-state index contributed by atoms with van der Waals surface area (Å²) in [5.41, 5.74) is 4.80. The second-order valence-corrected chi connectivity index (χ2v) is 10.8. The molecule has 1 saturated heterocycles. The molecule has 3 aromatic rings. The molecule has 0 aliphatic carbocycles. The number of Topliss-reactive ketones (excluding diaryl/α,β-unsaturated/α-hetero) is 1. The number of aliphatic hydroxyl groups excluding tert-OH is 1. The lowest BCUT2D eigenvalue weighted by atomic mass is 9.93. The van der Waals surface area contributed by atoms with Gasteiger partial charge in [-0.15, -0.1) is 0 Å². The van der Waals surface area contributed by atoms with Gasteiger partial charge in [0.15, 0.2) is 0 Å². The number of hydrogen-bond acceptors (Lipinski definition) is 5. The Morgan fingerprint density at radius 2 is 1.69 bits per heavy atom. The van der Waals surface area contributed by atoms with E-state index < -0.39 is 17.7 Å².